The Kier molecular flexibility index (Phi) is 5.74. The largest absolute Gasteiger partial charge is 0.441 e. The number of alkyl halides is 3. The van der Waals surface area contributed by atoms with Crippen molar-refractivity contribution in [2.45, 2.75) is 24.8 Å². The molecule has 2 heterocycles. The predicted molar refractivity (Wildman–Crippen MR) is 77.9 cm³/mol. The van der Waals surface area contributed by atoms with Gasteiger partial charge in [0.25, 0.3) is 0 Å². The summed E-state index contributed by atoms with van der Waals surface area (Å²) in [6.45, 7) is 1.80. The van der Waals surface area contributed by atoms with Gasteiger partial charge in [0.15, 0.2) is 0 Å². The van der Waals surface area contributed by atoms with Crippen molar-refractivity contribution < 1.29 is 13.2 Å². The molecule has 0 amide bonds. The minimum atomic E-state index is -4.22. The number of thioether (sulfide) groups is 1. The van der Waals surface area contributed by atoms with E-state index < -0.39 is 5.51 Å². The summed E-state index contributed by atoms with van der Waals surface area (Å²) >= 11 is 5.75. The van der Waals surface area contributed by atoms with Gasteiger partial charge in [0.05, 0.1) is 0 Å². The van der Waals surface area contributed by atoms with E-state index in [0.29, 0.717) is 5.95 Å². The fraction of sp³-hybridized carbons (Fsp3) is 0.727. The summed E-state index contributed by atoms with van der Waals surface area (Å²) in [6, 6.07) is 0. The lowest BCUT2D eigenvalue weighted by atomic mass is 10.1. The number of halogens is 4. The van der Waals surface area contributed by atoms with E-state index in [1.807, 2.05) is 4.90 Å². The van der Waals surface area contributed by atoms with Crippen LogP contribution in [0.2, 0.25) is 5.28 Å². The Labute approximate surface area is 129 Å². The molecule has 1 aliphatic rings. The minimum Gasteiger partial charge on any atom is -0.353 e. The van der Waals surface area contributed by atoms with Crippen LogP contribution >= 0.6 is 23.4 Å². The molecule has 0 spiro atoms. The normalized spacial score (nSPS) is 16.1. The molecule has 10 heteroatoms. The fourth-order valence-electron chi connectivity index (χ4n) is 1.98. The highest BCUT2D eigenvalue weighted by Crippen LogP contribution is 2.29. The van der Waals surface area contributed by atoms with Gasteiger partial charge in [0, 0.05) is 25.4 Å². The number of rotatable bonds is 5. The van der Waals surface area contributed by atoms with Crippen molar-refractivity contribution in [1.82, 2.24) is 15.0 Å². The van der Waals surface area contributed by atoms with E-state index in [-0.39, 0.29) is 35.3 Å². The van der Waals surface area contributed by atoms with E-state index in [4.69, 9.17) is 11.6 Å². The second-order valence-corrected chi connectivity index (χ2v) is 5.99. The first kappa shape index (κ1) is 16.4. The zero-order valence-electron chi connectivity index (χ0n) is 11.2. The van der Waals surface area contributed by atoms with Crippen molar-refractivity contribution in [2.24, 2.45) is 0 Å². The van der Waals surface area contributed by atoms with Crippen LogP contribution in [0, 0.1) is 0 Å². The standard InChI is InChI=1S/C11H15ClF3N5S/c12-8-17-9(16-4-7-21-11(13,14)15)19-10(18-8)20-5-2-1-3-6-20/h1-7H2,(H,16,17,18,19). The first-order valence-electron chi connectivity index (χ1n) is 6.55. The van der Waals surface area contributed by atoms with E-state index in [1.54, 1.807) is 0 Å². The molecule has 0 radical (unpaired) electrons. The van der Waals surface area contributed by atoms with Crippen molar-refractivity contribution in [3.8, 4) is 0 Å². The Balaban J connectivity index is 1.92. The minimum absolute atomic E-state index is 0.0385. The lowest BCUT2D eigenvalue weighted by Gasteiger charge is -2.26. The van der Waals surface area contributed by atoms with Crippen LogP contribution in [-0.4, -0.2) is 45.8 Å². The van der Waals surface area contributed by atoms with E-state index in [1.165, 1.54) is 6.42 Å². The van der Waals surface area contributed by atoms with Gasteiger partial charge in [0.1, 0.15) is 0 Å². The molecule has 1 aromatic heterocycles. The second kappa shape index (κ2) is 7.35. The monoisotopic (exact) mass is 341 g/mol. The quantitative estimate of drug-likeness (QED) is 0.830. The Morgan fingerprint density at radius 1 is 1.14 bits per heavy atom. The maximum absolute atomic E-state index is 12.0. The lowest BCUT2D eigenvalue weighted by Crippen LogP contribution is -2.31. The number of nitrogens with zero attached hydrogens (tertiary/aromatic N) is 4. The molecule has 0 unspecified atom stereocenters. The summed E-state index contributed by atoms with van der Waals surface area (Å²) in [6.07, 6.45) is 3.30. The predicted octanol–water partition coefficient (Wildman–Crippen LogP) is 3.18. The number of piperidine rings is 1. The fourth-order valence-corrected chi connectivity index (χ4v) is 2.57. The van der Waals surface area contributed by atoms with Crippen LogP contribution in [0.1, 0.15) is 19.3 Å². The maximum Gasteiger partial charge on any atom is 0.441 e. The van der Waals surface area contributed by atoms with Crippen molar-refractivity contribution in [3.63, 3.8) is 0 Å². The van der Waals surface area contributed by atoms with E-state index in [9.17, 15) is 13.2 Å². The van der Waals surface area contributed by atoms with Gasteiger partial charge in [-0.1, -0.05) is 0 Å². The van der Waals surface area contributed by atoms with Gasteiger partial charge in [0.2, 0.25) is 17.2 Å². The highest BCUT2D eigenvalue weighted by molar-refractivity contribution is 8.00. The zero-order valence-corrected chi connectivity index (χ0v) is 12.7. The third-order valence-corrected chi connectivity index (χ3v) is 3.79. The first-order chi connectivity index (χ1) is 9.94. The highest BCUT2D eigenvalue weighted by atomic mass is 35.5. The molecule has 1 saturated heterocycles. The first-order valence-corrected chi connectivity index (χ1v) is 7.91. The molecule has 0 saturated carbocycles. The van der Waals surface area contributed by atoms with Crippen LogP contribution in [0.25, 0.3) is 0 Å². The molecule has 2 rings (SSSR count). The maximum atomic E-state index is 12.0. The van der Waals surface area contributed by atoms with Gasteiger partial charge in [-0.05, 0) is 42.6 Å². The molecule has 1 aromatic rings. The number of nitrogens with one attached hydrogen (secondary N) is 1. The summed E-state index contributed by atoms with van der Waals surface area (Å²) in [4.78, 5) is 14.2. The van der Waals surface area contributed by atoms with Gasteiger partial charge < -0.3 is 10.2 Å². The Hall–Kier alpha value is -0.960. The molecule has 0 bridgehead atoms. The van der Waals surface area contributed by atoms with Gasteiger partial charge in [-0.3, -0.25) is 0 Å². The zero-order chi connectivity index (χ0) is 15.3. The summed E-state index contributed by atoms with van der Waals surface area (Å²) in [7, 11) is 0. The molecule has 0 aromatic carbocycles. The van der Waals surface area contributed by atoms with Crippen LogP contribution in [0.3, 0.4) is 0 Å². The third kappa shape index (κ3) is 5.74. The Morgan fingerprint density at radius 3 is 2.52 bits per heavy atom. The molecule has 118 valence electrons. The average molecular weight is 342 g/mol. The number of anilines is 2. The van der Waals surface area contributed by atoms with E-state index >= 15 is 0 Å². The lowest BCUT2D eigenvalue weighted by molar-refractivity contribution is -0.0327. The topological polar surface area (TPSA) is 53.9 Å². The smallest absolute Gasteiger partial charge is 0.353 e. The highest BCUT2D eigenvalue weighted by Gasteiger charge is 2.27. The van der Waals surface area contributed by atoms with Crippen LogP contribution in [0.15, 0.2) is 0 Å². The third-order valence-electron chi connectivity index (χ3n) is 2.89. The van der Waals surface area contributed by atoms with Gasteiger partial charge in [-0.2, -0.15) is 28.1 Å². The van der Waals surface area contributed by atoms with Crippen LogP contribution in [-0.2, 0) is 0 Å². The molecule has 0 aliphatic carbocycles. The van der Waals surface area contributed by atoms with E-state index in [2.05, 4.69) is 20.3 Å². The van der Waals surface area contributed by atoms with Crippen molar-refractivity contribution >= 4 is 35.3 Å². The van der Waals surface area contributed by atoms with E-state index in [0.717, 1.165) is 25.9 Å². The number of hydrogen-bond acceptors (Lipinski definition) is 6. The molecule has 0 atom stereocenters. The molecule has 1 fully saturated rings. The van der Waals surface area contributed by atoms with Gasteiger partial charge >= 0.3 is 5.51 Å². The summed E-state index contributed by atoms with van der Waals surface area (Å²) in [5.41, 5.74) is -4.22. The Bertz CT molecular complexity index is 468. The van der Waals surface area contributed by atoms with Crippen molar-refractivity contribution in [2.75, 3.05) is 35.6 Å². The van der Waals surface area contributed by atoms with Gasteiger partial charge in [-0.15, -0.1) is 0 Å². The summed E-state index contributed by atoms with van der Waals surface area (Å²) in [5.74, 6) is 0.560. The second-order valence-electron chi connectivity index (χ2n) is 4.50. The molecule has 1 N–H and O–H groups in total. The van der Waals surface area contributed by atoms with Crippen LogP contribution in [0.4, 0.5) is 25.1 Å². The summed E-state index contributed by atoms with van der Waals surface area (Å²) in [5, 5.41) is 2.78. The number of aromatic nitrogens is 3. The van der Waals surface area contributed by atoms with Crippen LogP contribution in [0.5, 0.6) is 0 Å². The van der Waals surface area contributed by atoms with Crippen molar-refractivity contribution in [1.29, 1.82) is 0 Å². The number of hydrogen-bond donors (Lipinski definition) is 1. The molecule has 5 nitrogen and oxygen atoms in total. The molecule has 1 aliphatic heterocycles. The van der Waals surface area contributed by atoms with Gasteiger partial charge in [-0.25, -0.2) is 0 Å². The molecular weight excluding hydrogens is 327 g/mol. The van der Waals surface area contributed by atoms with Crippen molar-refractivity contribution in [3.05, 3.63) is 5.28 Å². The molecular formula is C11H15ClF3N5S. The van der Waals surface area contributed by atoms with Crippen LogP contribution < -0.4 is 10.2 Å². The average Bonchev–Trinajstić information content (AvgIpc) is 2.43. The summed E-state index contributed by atoms with van der Waals surface area (Å²) < 4.78 is 36.1. The SMILES string of the molecule is FC(F)(F)SCCNc1nc(Cl)nc(N2CCCCC2)n1. The molecule has 21 heavy (non-hydrogen) atoms. The Morgan fingerprint density at radius 2 is 1.86 bits per heavy atom.